The summed E-state index contributed by atoms with van der Waals surface area (Å²) in [6.45, 7) is 3.22. The molecule has 1 aliphatic heterocycles. The minimum atomic E-state index is -0.301. The molecule has 0 aliphatic carbocycles. The molecule has 0 saturated carbocycles. The summed E-state index contributed by atoms with van der Waals surface area (Å²) in [5, 5.41) is 3.54. The van der Waals surface area contributed by atoms with Gasteiger partial charge in [0.2, 0.25) is 5.75 Å². The molecule has 0 radical (unpaired) electrons. The van der Waals surface area contributed by atoms with Crippen LogP contribution in [0.4, 0.5) is 5.69 Å². The molecule has 1 saturated heterocycles. The van der Waals surface area contributed by atoms with Gasteiger partial charge in [-0.25, -0.2) is 4.98 Å². The van der Waals surface area contributed by atoms with Gasteiger partial charge in [0, 0.05) is 55.1 Å². The fourth-order valence-corrected chi connectivity index (χ4v) is 4.62. The number of piperazine rings is 1. The van der Waals surface area contributed by atoms with Crippen LogP contribution >= 0.6 is 11.3 Å². The van der Waals surface area contributed by atoms with Crippen LogP contribution in [-0.2, 0) is 0 Å². The molecule has 0 unspecified atom stereocenters. The molecule has 35 heavy (non-hydrogen) atoms. The monoisotopic (exact) mass is 496 g/mol. The second kappa shape index (κ2) is 10.7. The van der Waals surface area contributed by atoms with Crippen LogP contribution in [0.1, 0.15) is 20.0 Å². The number of carbonyl (C=O) groups is 2. The van der Waals surface area contributed by atoms with E-state index in [1.165, 1.54) is 38.9 Å². The number of likely N-dealkylation sites (N-methyl/N-ethyl adjacent to an activating group) is 1. The van der Waals surface area contributed by atoms with Gasteiger partial charge < -0.3 is 29.3 Å². The largest absolute Gasteiger partial charge is 0.493 e. The molecule has 0 bridgehead atoms. The normalized spacial score (nSPS) is 13.9. The molecule has 2 amide bonds. The van der Waals surface area contributed by atoms with E-state index in [0.29, 0.717) is 38.4 Å². The number of nitrogens with one attached hydrogen (secondary N) is 1. The van der Waals surface area contributed by atoms with Gasteiger partial charge in [-0.2, -0.15) is 0 Å². The van der Waals surface area contributed by atoms with E-state index >= 15 is 0 Å². The summed E-state index contributed by atoms with van der Waals surface area (Å²) in [7, 11) is 6.61. The minimum absolute atomic E-state index is 0.0363. The number of ether oxygens (including phenoxy) is 3. The third-order valence-electron chi connectivity index (χ3n) is 5.82. The van der Waals surface area contributed by atoms with Crippen molar-refractivity contribution in [3.63, 3.8) is 0 Å². The Morgan fingerprint density at radius 1 is 0.943 bits per heavy atom. The summed E-state index contributed by atoms with van der Waals surface area (Å²) in [5.41, 5.74) is 2.00. The van der Waals surface area contributed by atoms with Gasteiger partial charge in [0.1, 0.15) is 9.88 Å². The van der Waals surface area contributed by atoms with Crippen LogP contribution < -0.4 is 19.5 Å². The molecule has 0 spiro atoms. The lowest BCUT2D eigenvalue weighted by Gasteiger charge is -2.32. The first-order valence-electron chi connectivity index (χ1n) is 11.1. The number of thiazole rings is 1. The fraction of sp³-hybridized carbons (Fsp3) is 0.320. The summed E-state index contributed by atoms with van der Waals surface area (Å²) >= 11 is 1.27. The highest BCUT2D eigenvalue weighted by molar-refractivity contribution is 7.17. The Hall–Kier alpha value is -3.63. The van der Waals surface area contributed by atoms with Gasteiger partial charge in [-0.3, -0.25) is 9.59 Å². The van der Waals surface area contributed by atoms with Crippen molar-refractivity contribution in [1.82, 2.24) is 14.8 Å². The highest BCUT2D eigenvalue weighted by Gasteiger charge is 2.21. The number of rotatable bonds is 7. The Bertz CT molecular complexity index is 1180. The van der Waals surface area contributed by atoms with Crippen molar-refractivity contribution in [1.29, 1.82) is 0 Å². The number of hydrogen-bond acceptors (Lipinski definition) is 8. The van der Waals surface area contributed by atoms with E-state index in [2.05, 4.69) is 22.2 Å². The minimum Gasteiger partial charge on any atom is -0.493 e. The van der Waals surface area contributed by atoms with Crippen molar-refractivity contribution in [3.05, 3.63) is 53.0 Å². The first-order chi connectivity index (χ1) is 16.9. The quantitative estimate of drug-likeness (QED) is 0.535. The van der Waals surface area contributed by atoms with E-state index in [1.807, 2.05) is 29.2 Å². The highest BCUT2D eigenvalue weighted by atomic mass is 32.1. The van der Waals surface area contributed by atoms with Gasteiger partial charge in [-0.05, 0) is 19.2 Å². The van der Waals surface area contributed by atoms with Gasteiger partial charge in [0.15, 0.2) is 11.5 Å². The highest BCUT2D eigenvalue weighted by Crippen LogP contribution is 2.40. The summed E-state index contributed by atoms with van der Waals surface area (Å²) in [6.07, 6.45) is 1.54. The molecule has 1 aliphatic rings. The van der Waals surface area contributed by atoms with E-state index in [4.69, 9.17) is 14.2 Å². The molecule has 3 aromatic rings. The number of hydrogen-bond donors (Lipinski definition) is 1. The predicted molar refractivity (Wildman–Crippen MR) is 135 cm³/mol. The Morgan fingerprint density at radius 3 is 2.14 bits per heavy atom. The Balaban J connectivity index is 1.45. The van der Waals surface area contributed by atoms with Crippen LogP contribution in [0.2, 0.25) is 0 Å². The SMILES string of the molecule is COc1cc(NC(=O)c2cnc(-c3ccc(C(=O)N4CCN(C)CC4)cc3)s2)cc(OC)c1OC. The third kappa shape index (κ3) is 5.39. The summed E-state index contributed by atoms with van der Waals surface area (Å²) in [6, 6.07) is 10.7. The van der Waals surface area contributed by atoms with E-state index in [0.717, 1.165) is 31.7 Å². The lowest BCUT2D eigenvalue weighted by molar-refractivity contribution is 0.0664. The smallest absolute Gasteiger partial charge is 0.267 e. The fourth-order valence-electron chi connectivity index (χ4n) is 3.81. The van der Waals surface area contributed by atoms with Gasteiger partial charge in [-0.1, -0.05) is 12.1 Å². The number of amides is 2. The second-order valence-electron chi connectivity index (χ2n) is 8.07. The maximum Gasteiger partial charge on any atom is 0.267 e. The van der Waals surface area contributed by atoms with Gasteiger partial charge in [0.05, 0.1) is 27.5 Å². The number of carbonyl (C=O) groups excluding carboxylic acids is 2. The molecule has 10 heteroatoms. The first-order valence-corrected chi connectivity index (χ1v) is 11.9. The zero-order valence-electron chi connectivity index (χ0n) is 20.2. The van der Waals surface area contributed by atoms with Crippen molar-refractivity contribution < 1.29 is 23.8 Å². The number of anilines is 1. The maximum absolute atomic E-state index is 12.8. The number of nitrogens with zero attached hydrogens (tertiary/aromatic N) is 3. The molecule has 4 rings (SSSR count). The average molecular weight is 497 g/mol. The second-order valence-corrected chi connectivity index (χ2v) is 9.10. The Kier molecular flexibility index (Phi) is 7.52. The molecule has 0 atom stereocenters. The van der Waals surface area contributed by atoms with Crippen molar-refractivity contribution in [2.24, 2.45) is 0 Å². The predicted octanol–water partition coefficient (Wildman–Crippen LogP) is 3.48. The molecule has 9 nitrogen and oxygen atoms in total. The number of aromatic nitrogens is 1. The summed E-state index contributed by atoms with van der Waals surface area (Å²) < 4.78 is 16.0. The lowest BCUT2D eigenvalue weighted by atomic mass is 10.1. The van der Waals surface area contributed by atoms with Gasteiger partial charge >= 0.3 is 0 Å². The van der Waals surface area contributed by atoms with Crippen LogP contribution in [0.15, 0.2) is 42.6 Å². The van der Waals surface area contributed by atoms with E-state index in [9.17, 15) is 9.59 Å². The van der Waals surface area contributed by atoms with Crippen molar-refractivity contribution in [2.75, 3.05) is 59.9 Å². The van der Waals surface area contributed by atoms with Crippen LogP contribution in [0.3, 0.4) is 0 Å². The molecular weight excluding hydrogens is 468 g/mol. The average Bonchev–Trinajstić information content (AvgIpc) is 3.39. The lowest BCUT2D eigenvalue weighted by Crippen LogP contribution is -2.47. The first kappa shape index (κ1) is 24.5. The van der Waals surface area contributed by atoms with Crippen LogP contribution in [-0.4, -0.2) is 81.2 Å². The van der Waals surface area contributed by atoms with Crippen LogP contribution in [0.25, 0.3) is 10.6 Å². The molecule has 2 heterocycles. The molecule has 184 valence electrons. The molecule has 1 aromatic heterocycles. The number of methoxy groups -OCH3 is 3. The van der Waals surface area contributed by atoms with Crippen molar-refractivity contribution in [2.45, 2.75) is 0 Å². The molecule has 2 aromatic carbocycles. The standard InChI is InChI=1S/C25H28N4O5S/c1-28-9-11-29(12-10-28)25(31)17-7-5-16(6-8-17)24-26-15-21(35-24)23(30)27-18-13-19(32-2)22(34-4)20(14-18)33-3/h5-8,13-15H,9-12H2,1-4H3,(H,27,30). The third-order valence-corrected chi connectivity index (χ3v) is 6.87. The number of benzene rings is 2. The maximum atomic E-state index is 12.8. The zero-order chi connectivity index (χ0) is 24.9. The molecular formula is C25H28N4O5S. The Labute approximate surface area is 208 Å². The topological polar surface area (TPSA) is 93.2 Å². The van der Waals surface area contributed by atoms with E-state index < -0.39 is 0 Å². The summed E-state index contributed by atoms with van der Waals surface area (Å²) in [4.78, 5) is 34.6. The summed E-state index contributed by atoms with van der Waals surface area (Å²) in [5.74, 6) is 1.07. The van der Waals surface area contributed by atoms with Gasteiger partial charge in [-0.15, -0.1) is 11.3 Å². The van der Waals surface area contributed by atoms with Gasteiger partial charge in [0.25, 0.3) is 11.8 Å². The van der Waals surface area contributed by atoms with Crippen molar-refractivity contribution >= 4 is 28.8 Å². The molecule has 1 N–H and O–H groups in total. The zero-order valence-corrected chi connectivity index (χ0v) is 21.0. The van der Waals surface area contributed by atoms with E-state index in [1.54, 1.807) is 12.1 Å². The van der Waals surface area contributed by atoms with Crippen LogP contribution in [0.5, 0.6) is 17.2 Å². The van der Waals surface area contributed by atoms with E-state index in [-0.39, 0.29) is 11.8 Å². The van der Waals surface area contributed by atoms with Crippen LogP contribution in [0, 0.1) is 0 Å². The van der Waals surface area contributed by atoms with Crippen molar-refractivity contribution in [3.8, 4) is 27.8 Å². The molecule has 1 fully saturated rings. The Morgan fingerprint density at radius 2 is 1.57 bits per heavy atom.